The zero-order valence-corrected chi connectivity index (χ0v) is 15.3. The first-order valence-electron chi connectivity index (χ1n) is 8.91. The second-order valence-electron chi connectivity index (χ2n) is 6.93. The minimum absolute atomic E-state index is 0.00272. The normalized spacial score (nSPS) is 13.0. The van der Waals surface area contributed by atoms with E-state index in [2.05, 4.69) is 15.3 Å². The van der Waals surface area contributed by atoms with Crippen LogP contribution in [-0.2, 0) is 0 Å². The molecular weight excluding hydrogens is 370 g/mol. The highest BCUT2D eigenvalue weighted by molar-refractivity contribution is 6.23. The van der Waals surface area contributed by atoms with Crippen molar-refractivity contribution in [3.63, 3.8) is 0 Å². The smallest absolute Gasteiger partial charge is 0.262 e. The Morgan fingerprint density at radius 2 is 1.72 bits per heavy atom. The summed E-state index contributed by atoms with van der Waals surface area (Å²) < 4.78 is 1.21. The van der Waals surface area contributed by atoms with Crippen LogP contribution in [0.25, 0.3) is 28.1 Å². The molecule has 4 N–H and O–H groups in total. The van der Waals surface area contributed by atoms with Crippen LogP contribution >= 0.6 is 0 Å². The van der Waals surface area contributed by atoms with E-state index in [1.165, 1.54) is 4.57 Å². The fourth-order valence-corrected chi connectivity index (χ4v) is 3.57. The first kappa shape index (κ1) is 16.9. The van der Waals surface area contributed by atoms with Gasteiger partial charge in [-0.15, -0.1) is 0 Å². The molecule has 0 spiro atoms. The third kappa shape index (κ3) is 2.53. The lowest BCUT2D eigenvalue weighted by Gasteiger charge is -2.12. The molecule has 0 saturated carbocycles. The SMILES string of the molecule is Cc1ccc2nc(-c3ccc(-n4c(N)c5c(cc4=O)C(=O)NC5=O)cc3)[nH]c2c1. The maximum atomic E-state index is 12.5. The van der Waals surface area contributed by atoms with E-state index in [-0.39, 0.29) is 16.9 Å². The molecular formula is C21H15N5O3. The third-order valence-corrected chi connectivity index (χ3v) is 4.99. The van der Waals surface area contributed by atoms with E-state index < -0.39 is 17.4 Å². The quantitative estimate of drug-likeness (QED) is 0.456. The monoisotopic (exact) mass is 385 g/mol. The molecule has 0 radical (unpaired) electrons. The zero-order chi connectivity index (χ0) is 20.3. The minimum atomic E-state index is -0.614. The number of nitrogen functional groups attached to an aromatic ring is 1. The summed E-state index contributed by atoms with van der Waals surface area (Å²) in [6, 6.07) is 14.2. The van der Waals surface area contributed by atoms with Gasteiger partial charge < -0.3 is 10.7 Å². The molecule has 2 aromatic carbocycles. The van der Waals surface area contributed by atoms with Crippen LogP contribution in [0.3, 0.4) is 0 Å². The summed E-state index contributed by atoms with van der Waals surface area (Å²) in [5.74, 6) is -0.582. The lowest BCUT2D eigenvalue weighted by Crippen LogP contribution is -2.24. The molecule has 2 amide bonds. The molecule has 4 aromatic rings. The van der Waals surface area contributed by atoms with Gasteiger partial charge in [-0.05, 0) is 48.9 Å². The van der Waals surface area contributed by atoms with Gasteiger partial charge in [0.1, 0.15) is 11.6 Å². The van der Waals surface area contributed by atoms with Crippen molar-refractivity contribution < 1.29 is 9.59 Å². The van der Waals surface area contributed by atoms with Crippen molar-refractivity contribution in [2.24, 2.45) is 0 Å². The van der Waals surface area contributed by atoms with Gasteiger partial charge in [0, 0.05) is 11.6 Å². The summed E-state index contributed by atoms with van der Waals surface area (Å²) in [5, 5.41) is 2.15. The maximum Gasteiger partial charge on any atom is 0.262 e. The van der Waals surface area contributed by atoms with Crippen LogP contribution < -0.4 is 16.6 Å². The van der Waals surface area contributed by atoms with E-state index in [0.717, 1.165) is 28.2 Å². The van der Waals surface area contributed by atoms with Crippen molar-refractivity contribution in [1.29, 1.82) is 0 Å². The topological polar surface area (TPSA) is 123 Å². The average Bonchev–Trinajstić information content (AvgIpc) is 3.22. The standard InChI is InChI=1S/C21H15N5O3/c1-10-2-7-14-15(8-10)24-19(23-14)11-3-5-12(6-4-11)26-16(27)9-13-17(18(26)22)21(29)25-20(13)28/h2-9H,22H2,1H3,(H,23,24)(H,25,28,29). The van der Waals surface area contributed by atoms with Crippen LogP contribution in [0.15, 0.2) is 53.3 Å². The van der Waals surface area contributed by atoms with Crippen molar-refractivity contribution in [3.05, 3.63) is 75.6 Å². The van der Waals surface area contributed by atoms with E-state index in [1.54, 1.807) is 12.1 Å². The highest BCUT2D eigenvalue weighted by atomic mass is 16.2. The van der Waals surface area contributed by atoms with Crippen LogP contribution in [0.1, 0.15) is 26.3 Å². The number of aromatic amines is 1. The zero-order valence-electron chi connectivity index (χ0n) is 15.3. The summed E-state index contributed by atoms with van der Waals surface area (Å²) in [5.41, 5.74) is 9.87. The Morgan fingerprint density at radius 3 is 2.48 bits per heavy atom. The number of imide groups is 1. The number of hydrogen-bond acceptors (Lipinski definition) is 5. The van der Waals surface area contributed by atoms with E-state index in [4.69, 9.17) is 5.73 Å². The number of carbonyl (C=O) groups is 2. The lowest BCUT2D eigenvalue weighted by molar-refractivity contribution is 0.0880. The van der Waals surface area contributed by atoms with E-state index in [0.29, 0.717) is 11.5 Å². The second kappa shape index (κ2) is 5.90. The van der Waals surface area contributed by atoms with Crippen LogP contribution in [-0.4, -0.2) is 26.3 Å². The summed E-state index contributed by atoms with van der Waals surface area (Å²) in [6.07, 6.45) is 0. The summed E-state index contributed by atoms with van der Waals surface area (Å²) in [6.45, 7) is 2.02. The van der Waals surface area contributed by atoms with Crippen molar-refractivity contribution in [2.45, 2.75) is 6.92 Å². The number of hydrogen-bond donors (Lipinski definition) is 3. The second-order valence-corrected chi connectivity index (χ2v) is 6.93. The average molecular weight is 385 g/mol. The highest BCUT2D eigenvalue weighted by Crippen LogP contribution is 2.25. The number of nitrogens with one attached hydrogen (secondary N) is 2. The maximum absolute atomic E-state index is 12.5. The number of nitrogens with zero attached hydrogens (tertiary/aromatic N) is 2. The number of aryl methyl sites for hydroxylation is 1. The van der Waals surface area contributed by atoms with Crippen LogP contribution in [0, 0.1) is 6.92 Å². The van der Waals surface area contributed by atoms with Crippen LogP contribution in [0.2, 0.25) is 0 Å². The Kier molecular flexibility index (Phi) is 3.44. The van der Waals surface area contributed by atoms with Crippen LogP contribution in [0.5, 0.6) is 0 Å². The Balaban J connectivity index is 1.59. The van der Waals surface area contributed by atoms with Gasteiger partial charge in [-0.2, -0.15) is 0 Å². The Bertz CT molecular complexity index is 1400. The largest absolute Gasteiger partial charge is 0.384 e. The number of rotatable bonds is 2. The first-order chi connectivity index (χ1) is 13.9. The van der Waals surface area contributed by atoms with Gasteiger partial charge in [-0.25, -0.2) is 4.98 Å². The van der Waals surface area contributed by atoms with Gasteiger partial charge in [0.15, 0.2) is 0 Å². The highest BCUT2D eigenvalue weighted by Gasteiger charge is 2.31. The molecule has 8 heteroatoms. The Labute approximate surface area is 164 Å². The van der Waals surface area contributed by atoms with Gasteiger partial charge in [0.25, 0.3) is 17.4 Å². The van der Waals surface area contributed by atoms with Crippen molar-refractivity contribution in [2.75, 3.05) is 5.73 Å². The van der Waals surface area contributed by atoms with Gasteiger partial charge in [-0.3, -0.25) is 24.3 Å². The fraction of sp³-hybridized carbons (Fsp3) is 0.0476. The third-order valence-electron chi connectivity index (χ3n) is 4.99. The predicted molar refractivity (Wildman–Crippen MR) is 108 cm³/mol. The molecule has 2 aromatic heterocycles. The molecule has 29 heavy (non-hydrogen) atoms. The van der Waals surface area contributed by atoms with Crippen molar-refractivity contribution in [1.82, 2.24) is 19.9 Å². The van der Waals surface area contributed by atoms with Gasteiger partial charge >= 0.3 is 0 Å². The number of fused-ring (bicyclic) bond motifs is 2. The number of imidazole rings is 1. The van der Waals surface area contributed by atoms with Gasteiger partial charge in [0.05, 0.1) is 27.8 Å². The van der Waals surface area contributed by atoms with Crippen LogP contribution in [0.4, 0.5) is 5.82 Å². The minimum Gasteiger partial charge on any atom is -0.384 e. The number of amides is 2. The van der Waals surface area contributed by atoms with Crippen molar-refractivity contribution >= 4 is 28.7 Å². The first-order valence-corrected chi connectivity index (χ1v) is 8.91. The molecule has 0 saturated heterocycles. The summed E-state index contributed by atoms with van der Waals surface area (Å²) >= 11 is 0. The fourth-order valence-electron chi connectivity index (χ4n) is 3.57. The van der Waals surface area contributed by atoms with Gasteiger partial charge in [0.2, 0.25) is 0 Å². The molecule has 5 rings (SSSR count). The predicted octanol–water partition coefficient (Wildman–Crippen LogP) is 2.16. The summed E-state index contributed by atoms with van der Waals surface area (Å²) in [4.78, 5) is 44.2. The molecule has 1 aliphatic heterocycles. The molecule has 1 aliphatic rings. The van der Waals surface area contributed by atoms with E-state index in [1.807, 2.05) is 37.3 Å². The number of carbonyl (C=O) groups excluding carboxylic acids is 2. The molecule has 3 heterocycles. The van der Waals surface area contributed by atoms with Gasteiger partial charge in [-0.1, -0.05) is 6.07 Å². The Morgan fingerprint density at radius 1 is 0.966 bits per heavy atom. The molecule has 0 atom stereocenters. The lowest BCUT2D eigenvalue weighted by atomic mass is 10.1. The Hall–Kier alpha value is -4.20. The number of H-pyrrole nitrogens is 1. The molecule has 0 aliphatic carbocycles. The molecule has 0 bridgehead atoms. The van der Waals surface area contributed by atoms with E-state index >= 15 is 0 Å². The molecule has 8 nitrogen and oxygen atoms in total. The summed E-state index contributed by atoms with van der Waals surface area (Å²) in [7, 11) is 0. The number of anilines is 1. The number of benzene rings is 2. The number of pyridine rings is 1. The molecule has 0 fully saturated rings. The van der Waals surface area contributed by atoms with E-state index in [9.17, 15) is 14.4 Å². The number of nitrogens with two attached hydrogens (primary N) is 1. The molecule has 0 unspecified atom stereocenters. The van der Waals surface area contributed by atoms with Crippen molar-refractivity contribution in [3.8, 4) is 17.1 Å². The number of aromatic nitrogens is 3. The molecule has 142 valence electrons.